The summed E-state index contributed by atoms with van der Waals surface area (Å²) in [5.41, 5.74) is 2.28. The fourth-order valence-electron chi connectivity index (χ4n) is 2.49. The molecule has 4 heteroatoms. The molecule has 0 aliphatic heterocycles. The van der Waals surface area contributed by atoms with Crippen LogP contribution in [0.3, 0.4) is 0 Å². The van der Waals surface area contributed by atoms with E-state index < -0.39 is 10.0 Å². The molecule has 0 fully saturated rings. The lowest BCUT2D eigenvalue weighted by Gasteiger charge is -2.18. The fraction of sp³-hybridized carbons (Fsp3) is 0.333. The van der Waals surface area contributed by atoms with Gasteiger partial charge in [0.25, 0.3) is 0 Å². The second kappa shape index (κ2) is 8.11. The van der Waals surface area contributed by atoms with Crippen molar-refractivity contribution in [2.45, 2.75) is 32.2 Å². The summed E-state index contributed by atoms with van der Waals surface area (Å²) < 4.78 is 25.7. The molecule has 2 rings (SSSR count). The van der Waals surface area contributed by atoms with Gasteiger partial charge in [0, 0.05) is 18.5 Å². The van der Waals surface area contributed by atoms with E-state index in [0.29, 0.717) is 13.1 Å². The van der Waals surface area contributed by atoms with E-state index in [4.69, 9.17) is 0 Å². The van der Waals surface area contributed by atoms with E-state index in [0.717, 1.165) is 23.8 Å². The van der Waals surface area contributed by atoms with Crippen LogP contribution in [0.4, 0.5) is 0 Å². The Balaban J connectivity index is 2.06. The van der Waals surface area contributed by atoms with Crippen LogP contribution in [0.25, 0.3) is 0 Å². The summed E-state index contributed by atoms with van der Waals surface area (Å²) in [5.74, 6) is 0. The van der Waals surface area contributed by atoms with Gasteiger partial charge in [-0.2, -0.15) is 4.31 Å². The van der Waals surface area contributed by atoms with E-state index >= 15 is 0 Å². The predicted molar refractivity (Wildman–Crippen MR) is 91.7 cm³/mol. The first kappa shape index (κ1) is 16.7. The van der Waals surface area contributed by atoms with Gasteiger partial charge in [0.2, 0.25) is 10.0 Å². The van der Waals surface area contributed by atoms with E-state index in [1.807, 2.05) is 36.4 Å². The predicted octanol–water partition coefficient (Wildman–Crippen LogP) is 4.02. The van der Waals surface area contributed by atoms with Crippen LogP contribution in [0, 0.1) is 0 Å². The summed E-state index contributed by atoms with van der Waals surface area (Å²) in [5, 5.41) is 1.02. The van der Waals surface area contributed by atoms with Crippen LogP contribution in [-0.4, -0.2) is 19.3 Å². The Kier molecular flexibility index (Phi) is 6.16. The molecule has 1 aromatic rings. The molecule has 0 unspecified atom stereocenters. The van der Waals surface area contributed by atoms with Gasteiger partial charge in [-0.25, -0.2) is 8.42 Å². The summed E-state index contributed by atoms with van der Waals surface area (Å²) in [6, 6.07) is 9.61. The van der Waals surface area contributed by atoms with Gasteiger partial charge < -0.3 is 0 Å². The zero-order chi connectivity index (χ0) is 15.8. The first-order valence-electron chi connectivity index (χ1n) is 7.64. The van der Waals surface area contributed by atoms with Crippen molar-refractivity contribution in [3.8, 4) is 0 Å². The smallest absolute Gasteiger partial charge is 0.208 e. The molecular weight excluding hydrogens is 294 g/mol. The third kappa shape index (κ3) is 4.97. The van der Waals surface area contributed by atoms with E-state index in [9.17, 15) is 8.42 Å². The highest BCUT2D eigenvalue weighted by Gasteiger charge is 2.17. The number of allylic oxidation sites excluding steroid dienone is 3. The molecule has 0 radical (unpaired) electrons. The maximum atomic E-state index is 12.1. The van der Waals surface area contributed by atoms with Crippen molar-refractivity contribution in [3.63, 3.8) is 0 Å². The Bertz CT molecular complexity index is 645. The summed E-state index contributed by atoms with van der Waals surface area (Å²) in [4.78, 5) is 0. The highest BCUT2D eigenvalue weighted by Crippen LogP contribution is 2.18. The largest absolute Gasteiger partial charge is 0.236 e. The van der Waals surface area contributed by atoms with Gasteiger partial charge in [-0.1, -0.05) is 60.7 Å². The molecule has 22 heavy (non-hydrogen) atoms. The molecule has 0 heterocycles. The van der Waals surface area contributed by atoms with Gasteiger partial charge in [-0.3, -0.25) is 0 Å². The zero-order valence-corrected chi connectivity index (χ0v) is 13.6. The van der Waals surface area contributed by atoms with Crippen LogP contribution in [0.15, 0.2) is 66.1 Å². The molecule has 0 saturated carbocycles. The molecular formula is C18H23NO2S. The number of hydrogen-bond donors (Lipinski definition) is 0. The Morgan fingerprint density at radius 3 is 2.59 bits per heavy atom. The molecule has 0 spiro atoms. The van der Waals surface area contributed by atoms with Crippen LogP contribution in [-0.2, 0) is 16.6 Å². The molecule has 1 aliphatic rings. The van der Waals surface area contributed by atoms with Crippen LogP contribution in [0.5, 0.6) is 0 Å². The summed E-state index contributed by atoms with van der Waals surface area (Å²) >= 11 is 0. The molecule has 1 aliphatic carbocycles. The average Bonchev–Trinajstić information content (AvgIpc) is 2.56. The normalized spacial score (nSPS) is 16.0. The SMILES string of the molecule is C=CS(=O)(=O)N(C/C=C/C1=CCCCC1)Cc1ccccc1. The van der Waals surface area contributed by atoms with Gasteiger partial charge in [-0.15, -0.1) is 0 Å². The summed E-state index contributed by atoms with van der Waals surface area (Å²) in [6.45, 7) is 4.15. The van der Waals surface area contributed by atoms with E-state index in [1.54, 1.807) is 0 Å². The highest BCUT2D eigenvalue weighted by molar-refractivity contribution is 7.92. The Morgan fingerprint density at radius 2 is 1.95 bits per heavy atom. The van der Waals surface area contributed by atoms with E-state index in [2.05, 4.69) is 18.7 Å². The van der Waals surface area contributed by atoms with Gasteiger partial charge in [0.05, 0.1) is 0 Å². The lowest BCUT2D eigenvalue weighted by Crippen LogP contribution is -2.29. The van der Waals surface area contributed by atoms with E-state index in [-0.39, 0.29) is 0 Å². The van der Waals surface area contributed by atoms with Crippen molar-refractivity contribution in [3.05, 3.63) is 71.7 Å². The second-order valence-corrected chi connectivity index (χ2v) is 7.30. The van der Waals surface area contributed by atoms with Crippen LogP contribution in [0.1, 0.15) is 31.2 Å². The van der Waals surface area contributed by atoms with Crippen molar-refractivity contribution in [1.82, 2.24) is 4.31 Å². The molecule has 3 nitrogen and oxygen atoms in total. The van der Waals surface area contributed by atoms with Crippen LogP contribution in [0.2, 0.25) is 0 Å². The number of benzene rings is 1. The molecule has 118 valence electrons. The number of sulfonamides is 1. The van der Waals surface area contributed by atoms with Gasteiger partial charge in [0.1, 0.15) is 0 Å². The highest BCUT2D eigenvalue weighted by atomic mass is 32.2. The van der Waals surface area contributed by atoms with Crippen molar-refractivity contribution in [2.75, 3.05) is 6.54 Å². The quantitative estimate of drug-likeness (QED) is 0.762. The monoisotopic (exact) mass is 317 g/mol. The first-order chi connectivity index (χ1) is 10.6. The van der Waals surface area contributed by atoms with Crippen LogP contribution >= 0.6 is 0 Å². The Morgan fingerprint density at radius 1 is 1.18 bits per heavy atom. The number of hydrogen-bond acceptors (Lipinski definition) is 2. The number of rotatable bonds is 7. The topological polar surface area (TPSA) is 37.4 Å². The maximum absolute atomic E-state index is 12.1. The minimum absolute atomic E-state index is 0.360. The summed E-state index contributed by atoms with van der Waals surface area (Å²) in [6.07, 6.45) is 10.9. The van der Waals surface area contributed by atoms with Crippen molar-refractivity contribution in [2.24, 2.45) is 0 Å². The van der Waals surface area contributed by atoms with Crippen molar-refractivity contribution >= 4 is 10.0 Å². The van der Waals surface area contributed by atoms with Crippen LogP contribution < -0.4 is 0 Å². The number of nitrogens with zero attached hydrogens (tertiary/aromatic N) is 1. The molecule has 0 bridgehead atoms. The summed E-state index contributed by atoms with van der Waals surface area (Å²) in [7, 11) is -3.43. The third-order valence-electron chi connectivity index (χ3n) is 3.74. The molecule has 0 aromatic heterocycles. The fourth-order valence-corrected chi connectivity index (χ4v) is 3.32. The zero-order valence-electron chi connectivity index (χ0n) is 12.8. The van der Waals surface area contributed by atoms with Crippen molar-refractivity contribution < 1.29 is 8.42 Å². The minimum atomic E-state index is -3.43. The Labute approximate surface area is 133 Å². The van der Waals surface area contributed by atoms with Gasteiger partial charge >= 0.3 is 0 Å². The molecule has 0 saturated heterocycles. The van der Waals surface area contributed by atoms with Gasteiger partial charge in [0.15, 0.2) is 0 Å². The lowest BCUT2D eigenvalue weighted by atomic mass is 9.99. The first-order valence-corrected chi connectivity index (χ1v) is 9.14. The standard InChI is InChI=1S/C18H23NO2S/c1-2-22(20,21)19(16-18-12-7-4-8-13-18)15-9-14-17-10-5-3-6-11-17/h2,4,7-10,12-14H,1,3,5-6,11,15-16H2/b14-9+. The third-order valence-corrected chi connectivity index (χ3v) is 5.16. The minimum Gasteiger partial charge on any atom is -0.208 e. The lowest BCUT2D eigenvalue weighted by molar-refractivity contribution is 0.445. The van der Waals surface area contributed by atoms with E-state index in [1.165, 1.54) is 22.7 Å². The maximum Gasteiger partial charge on any atom is 0.236 e. The second-order valence-electron chi connectivity index (χ2n) is 5.42. The van der Waals surface area contributed by atoms with Crippen molar-refractivity contribution in [1.29, 1.82) is 0 Å². The molecule has 0 atom stereocenters. The van der Waals surface area contributed by atoms with Gasteiger partial charge in [-0.05, 0) is 31.2 Å². The Hall–Kier alpha value is -1.65. The molecule has 1 aromatic carbocycles. The molecule has 0 N–H and O–H groups in total. The average molecular weight is 317 g/mol. The molecule has 0 amide bonds.